The molecule has 1 heterocycles. The first kappa shape index (κ1) is 17.7. The molecule has 1 aliphatic heterocycles. The molecular weight excluding hydrogens is 314 g/mol. The molecule has 0 aliphatic carbocycles. The maximum atomic E-state index is 11.9. The van der Waals surface area contributed by atoms with Crippen molar-refractivity contribution in [1.29, 1.82) is 0 Å². The lowest BCUT2D eigenvalue weighted by molar-refractivity contribution is -0.143. The Morgan fingerprint density at radius 1 is 1.21 bits per heavy atom. The fourth-order valence-electron chi connectivity index (χ4n) is 2.58. The van der Waals surface area contributed by atoms with Crippen molar-refractivity contribution in [3.05, 3.63) is 29.3 Å². The standard InChI is InChI=1S/C17H21NO6/c1-5-24-16(19)9-12-11-8-15(22-3)14(21-2)7-10(11)6-13(18-12)17(20)23-4/h7-9,13,18H,5-6H2,1-4H3/b12-9+. The predicted octanol–water partition coefficient (Wildman–Crippen LogP) is 1.30. The molecule has 1 unspecified atom stereocenters. The van der Waals surface area contributed by atoms with Crippen LogP contribution >= 0.6 is 0 Å². The Morgan fingerprint density at radius 3 is 2.46 bits per heavy atom. The Hall–Kier alpha value is -2.70. The van der Waals surface area contributed by atoms with Crippen molar-refractivity contribution in [3.63, 3.8) is 0 Å². The number of methoxy groups -OCH3 is 3. The van der Waals surface area contributed by atoms with E-state index in [-0.39, 0.29) is 6.61 Å². The van der Waals surface area contributed by atoms with Crippen molar-refractivity contribution in [3.8, 4) is 11.5 Å². The second-order valence-corrected chi connectivity index (χ2v) is 5.10. The number of rotatable bonds is 5. The molecule has 1 atom stereocenters. The molecule has 1 aromatic rings. The van der Waals surface area contributed by atoms with E-state index in [0.29, 0.717) is 23.6 Å². The third kappa shape index (κ3) is 3.61. The van der Waals surface area contributed by atoms with Gasteiger partial charge in [0, 0.05) is 23.8 Å². The van der Waals surface area contributed by atoms with Gasteiger partial charge in [-0.2, -0.15) is 0 Å². The highest BCUT2D eigenvalue weighted by atomic mass is 16.5. The summed E-state index contributed by atoms with van der Waals surface area (Å²) in [6.07, 6.45) is 1.73. The van der Waals surface area contributed by atoms with Gasteiger partial charge in [-0.25, -0.2) is 9.59 Å². The highest BCUT2D eigenvalue weighted by Crippen LogP contribution is 2.36. The quantitative estimate of drug-likeness (QED) is 0.641. The first-order valence-electron chi connectivity index (χ1n) is 7.52. The number of esters is 2. The van der Waals surface area contributed by atoms with Crippen molar-refractivity contribution >= 4 is 17.6 Å². The van der Waals surface area contributed by atoms with E-state index in [2.05, 4.69) is 5.32 Å². The van der Waals surface area contributed by atoms with Gasteiger partial charge < -0.3 is 24.3 Å². The molecule has 0 amide bonds. The van der Waals surface area contributed by atoms with Crippen LogP contribution in [-0.2, 0) is 25.5 Å². The molecule has 0 radical (unpaired) electrons. The number of hydrogen-bond acceptors (Lipinski definition) is 7. The molecular formula is C17H21NO6. The Bertz CT molecular complexity index is 667. The van der Waals surface area contributed by atoms with Gasteiger partial charge in [-0.3, -0.25) is 0 Å². The summed E-state index contributed by atoms with van der Waals surface area (Å²) in [5.74, 6) is 0.179. The fraction of sp³-hybridized carbons (Fsp3) is 0.412. The largest absolute Gasteiger partial charge is 0.493 e. The maximum absolute atomic E-state index is 11.9. The summed E-state index contributed by atoms with van der Waals surface area (Å²) in [5, 5.41) is 3.03. The smallest absolute Gasteiger partial charge is 0.332 e. The van der Waals surface area contributed by atoms with Crippen LogP contribution in [0.4, 0.5) is 0 Å². The summed E-state index contributed by atoms with van der Waals surface area (Å²) in [5.41, 5.74) is 2.07. The number of hydrogen-bond donors (Lipinski definition) is 1. The van der Waals surface area contributed by atoms with Gasteiger partial charge in [-0.05, 0) is 24.6 Å². The molecule has 1 aliphatic rings. The lowest BCUT2D eigenvalue weighted by Gasteiger charge is -2.28. The molecule has 0 spiro atoms. The van der Waals surface area contributed by atoms with Crippen LogP contribution < -0.4 is 14.8 Å². The number of carbonyl (C=O) groups excluding carboxylic acids is 2. The molecule has 2 rings (SSSR count). The Labute approximate surface area is 140 Å². The van der Waals surface area contributed by atoms with Gasteiger partial charge in [0.25, 0.3) is 0 Å². The van der Waals surface area contributed by atoms with E-state index in [1.54, 1.807) is 26.2 Å². The fourth-order valence-corrected chi connectivity index (χ4v) is 2.58. The zero-order valence-electron chi connectivity index (χ0n) is 14.2. The Kier molecular flexibility index (Phi) is 5.68. The summed E-state index contributed by atoms with van der Waals surface area (Å²) in [6.45, 7) is 1.99. The molecule has 0 saturated carbocycles. The van der Waals surface area contributed by atoms with Gasteiger partial charge in [-0.1, -0.05) is 0 Å². The lowest BCUT2D eigenvalue weighted by atomic mass is 9.92. The second-order valence-electron chi connectivity index (χ2n) is 5.10. The van der Waals surface area contributed by atoms with E-state index < -0.39 is 18.0 Å². The van der Waals surface area contributed by atoms with Crippen molar-refractivity contribution in [2.45, 2.75) is 19.4 Å². The van der Waals surface area contributed by atoms with Gasteiger partial charge in [0.15, 0.2) is 11.5 Å². The highest BCUT2D eigenvalue weighted by Gasteiger charge is 2.29. The van der Waals surface area contributed by atoms with Crippen LogP contribution in [0, 0.1) is 0 Å². The van der Waals surface area contributed by atoms with Gasteiger partial charge in [-0.15, -0.1) is 0 Å². The van der Waals surface area contributed by atoms with E-state index in [1.165, 1.54) is 20.3 Å². The van der Waals surface area contributed by atoms with Gasteiger partial charge in [0.2, 0.25) is 0 Å². The number of benzene rings is 1. The van der Waals surface area contributed by atoms with E-state index in [4.69, 9.17) is 18.9 Å². The minimum atomic E-state index is -0.596. The van der Waals surface area contributed by atoms with E-state index in [9.17, 15) is 9.59 Å². The topological polar surface area (TPSA) is 83.1 Å². The highest BCUT2D eigenvalue weighted by molar-refractivity contribution is 5.93. The zero-order chi connectivity index (χ0) is 17.7. The predicted molar refractivity (Wildman–Crippen MR) is 86.8 cm³/mol. The normalized spacial score (nSPS) is 17.5. The number of fused-ring (bicyclic) bond motifs is 1. The van der Waals surface area contributed by atoms with Gasteiger partial charge in [0.05, 0.1) is 27.9 Å². The molecule has 130 valence electrons. The summed E-state index contributed by atoms with van der Waals surface area (Å²) in [4.78, 5) is 23.8. The molecule has 24 heavy (non-hydrogen) atoms. The molecule has 1 N–H and O–H groups in total. The summed E-state index contributed by atoms with van der Waals surface area (Å²) >= 11 is 0. The molecule has 7 heteroatoms. The third-order valence-corrected chi connectivity index (χ3v) is 3.69. The average Bonchev–Trinajstić information content (AvgIpc) is 2.59. The third-order valence-electron chi connectivity index (χ3n) is 3.69. The maximum Gasteiger partial charge on any atom is 0.332 e. The second kappa shape index (κ2) is 7.72. The van der Waals surface area contributed by atoms with Crippen LogP contribution in [0.5, 0.6) is 11.5 Å². The molecule has 0 fully saturated rings. The molecule has 7 nitrogen and oxygen atoms in total. The minimum absolute atomic E-state index is 0.266. The lowest BCUT2D eigenvalue weighted by Crippen LogP contribution is -2.42. The molecule has 1 aromatic carbocycles. The van der Waals surface area contributed by atoms with Crippen molar-refractivity contribution in [2.75, 3.05) is 27.9 Å². The van der Waals surface area contributed by atoms with Crippen LogP contribution in [-0.4, -0.2) is 45.9 Å². The van der Waals surface area contributed by atoms with E-state index in [0.717, 1.165) is 11.1 Å². The Balaban J connectivity index is 2.51. The molecule has 0 bridgehead atoms. The first-order valence-corrected chi connectivity index (χ1v) is 7.52. The zero-order valence-corrected chi connectivity index (χ0v) is 14.2. The number of nitrogens with one attached hydrogen (secondary N) is 1. The van der Waals surface area contributed by atoms with Crippen molar-refractivity contribution in [2.24, 2.45) is 0 Å². The van der Waals surface area contributed by atoms with Crippen LogP contribution in [0.1, 0.15) is 18.1 Å². The number of ether oxygens (including phenoxy) is 4. The minimum Gasteiger partial charge on any atom is -0.493 e. The van der Waals surface area contributed by atoms with Crippen molar-refractivity contribution < 1.29 is 28.5 Å². The molecule has 0 saturated heterocycles. The van der Waals surface area contributed by atoms with Crippen LogP contribution in [0.3, 0.4) is 0 Å². The Morgan fingerprint density at radius 2 is 1.88 bits per heavy atom. The van der Waals surface area contributed by atoms with Gasteiger partial charge in [0.1, 0.15) is 6.04 Å². The summed E-state index contributed by atoms with van der Waals surface area (Å²) in [7, 11) is 4.40. The summed E-state index contributed by atoms with van der Waals surface area (Å²) < 4.78 is 20.4. The van der Waals surface area contributed by atoms with Crippen LogP contribution in [0.25, 0.3) is 5.70 Å². The monoisotopic (exact) mass is 335 g/mol. The van der Waals surface area contributed by atoms with E-state index in [1.807, 2.05) is 0 Å². The first-order chi connectivity index (χ1) is 11.5. The average molecular weight is 335 g/mol. The number of carbonyl (C=O) groups is 2. The van der Waals surface area contributed by atoms with E-state index >= 15 is 0 Å². The van der Waals surface area contributed by atoms with Gasteiger partial charge >= 0.3 is 11.9 Å². The summed E-state index contributed by atoms with van der Waals surface area (Å²) in [6, 6.07) is 2.96. The molecule has 0 aromatic heterocycles. The SMILES string of the molecule is CCOC(=O)/C=C1/NC(C(=O)OC)Cc2cc(OC)c(OC)cc21. The van der Waals surface area contributed by atoms with Crippen LogP contribution in [0.15, 0.2) is 18.2 Å². The van der Waals surface area contributed by atoms with Crippen LogP contribution in [0.2, 0.25) is 0 Å². The van der Waals surface area contributed by atoms with Crippen molar-refractivity contribution in [1.82, 2.24) is 5.32 Å².